The molecule has 0 radical (unpaired) electrons. The molecule has 0 heterocycles. The van der Waals surface area contributed by atoms with Crippen molar-refractivity contribution in [2.24, 2.45) is 11.3 Å². The zero-order chi connectivity index (χ0) is 14.8. The van der Waals surface area contributed by atoms with Gasteiger partial charge in [-0.05, 0) is 29.5 Å². The Hall–Kier alpha value is -1.22. The van der Waals surface area contributed by atoms with Crippen LogP contribution in [0.15, 0.2) is 18.2 Å². The molecule has 0 aromatic heterocycles. The third-order valence-electron chi connectivity index (χ3n) is 3.69. The van der Waals surface area contributed by atoms with E-state index in [2.05, 4.69) is 27.7 Å². The molecule has 0 aliphatic carbocycles. The number of hydrogen-bond acceptors (Lipinski definition) is 2. The Bertz CT molecular complexity index is 466. The van der Waals surface area contributed by atoms with Gasteiger partial charge in [-0.15, -0.1) is 0 Å². The Morgan fingerprint density at radius 1 is 1.42 bits per heavy atom. The van der Waals surface area contributed by atoms with Gasteiger partial charge >= 0.3 is 0 Å². The summed E-state index contributed by atoms with van der Waals surface area (Å²) in [6, 6.07) is 5.15. The van der Waals surface area contributed by atoms with Crippen LogP contribution in [-0.2, 0) is 4.79 Å². The van der Waals surface area contributed by atoms with Crippen molar-refractivity contribution in [3.05, 3.63) is 23.2 Å². The predicted octanol–water partition coefficient (Wildman–Crippen LogP) is 3.96. The van der Waals surface area contributed by atoms with Crippen LogP contribution < -0.4 is 10.6 Å². The summed E-state index contributed by atoms with van der Waals surface area (Å²) in [7, 11) is 1.74. The van der Waals surface area contributed by atoms with Crippen LogP contribution in [-0.4, -0.2) is 13.0 Å². The van der Waals surface area contributed by atoms with E-state index in [9.17, 15) is 4.79 Å². The number of nitrogen functional groups attached to an aromatic ring is 1. The second-order valence-corrected chi connectivity index (χ2v) is 6.56. The number of nitrogens with two attached hydrogens (primary N) is 1. The minimum absolute atomic E-state index is 0.0522. The topological polar surface area (TPSA) is 46.3 Å². The molecule has 3 nitrogen and oxygen atoms in total. The monoisotopic (exact) mass is 282 g/mol. The smallest absolute Gasteiger partial charge is 0.227 e. The van der Waals surface area contributed by atoms with E-state index >= 15 is 0 Å². The van der Waals surface area contributed by atoms with Crippen molar-refractivity contribution in [1.29, 1.82) is 0 Å². The summed E-state index contributed by atoms with van der Waals surface area (Å²) in [5.74, 6) is 0.347. The molecule has 1 aromatic rings. The van der Waals surface area contributed by atoms with Gasteiger partial charge in [-0.2, -0.15) is 0 Å². The zero-order valence-electron chi connectivity index (χ0n) is 12.3. The number of nitrogens with zero attached hydrogens (tertiary/aromatic N) is 1. The number of hydrogen-bond donors (Lipinski definition) is 1. The van der Waals surface area contributed by atoms with Gasteiger partial charge in [0, 0.05) is 18.5 Å². The van der Waals surface area contributed by atoms with Crippen LogP contribution >= 0.6 is 11.6 Å². The summed E-state index contributed by atoms with van der Waals surface area (Å²) >= 11 is 5.95. The maximum Gasteiger partial charge on any atom is 0.227 e. The maximum atomic E-state index is 12.3. The molecule has 1 unspecified atom stereocenters. The highest BCUT2D eigenvalue weighted by atomic mass is 35.5. The van der Waals surface area contributed by atoms with Crippen molar-refractivity contribution in [2.75, 3.05) is 17.7 Å². The summed E-state index contributed by atoms with van der Waals surface area (Å²) in [6.45, 7) is 8.50. The van der Waals surface area contributed by atoms with E-state index < -0.39 is 0 Å². The van der Waals surface area contributed by atoms with Crippen molar-refractivity contribution in [2.45, 2.75) is 34.1 Å². The quantitative estimate of drug-likeness (QED) is 0.853. The van der Waals surface area contributed by atoms with Gasteiger partial charge in [0.15, 0.2) is 0 Å². The highest BCUT2D eigenvalue weighted by Crippen LogP contribution is 2.31. The van der Waals surface area contributed by atoms with Crippen LogP contribution in [0.1, 0.15) is 34.1 Å². The number of carbonyl (C=O) groups is 1. The summed E-state index contributed by atoms with van der Waals surface area (Å²) in [4.78, 5) is 13.9. The van der Waals surface area contributed by atoms with Gasteiger partial charge in [-0.25, -0.2) is 0 Å². The van der Waals surface area contributed by atoms with Crippen molar-refractivity contribution in [3.8, 4) is 0 Å². The molecule has 1 aromatic carbocycles. The molecule has 2 N–H and O–H groups in total. The van der Waals surface area contributed by atoms with E-state index in [1.54, 1.807) is 30.1 Å². The predicted molar refractivity (Wildman–Crippen MR) is 82.5 cm³/mol. The number of carbonyl (C=O) groups excluding carboxylic acids is 1. The van der Waals surface area contributed by atoms with Crippen molar-refractivity contribution in [1.82, 2.24) is 0 Å². The largest absolute Gasteiger partial charge is 0.397 e. The third-order valence-corrected chi connectivity index (χ3v) is 3.92. The Morgan fingerprint density at radius 3 is 2.53 bits per heavy atom. The fourth-order valence-corrected chi connectivity index (χ4v) is 1.81. The van der Waals surface area contributed by atoms with Crippen molar-refractivity contribution >= 4 is 28.9 Å². The lowest BCUT2D eigenvalue weighted by atomic mass is 9.80. The number of rotatable bonds is 3. The summed E-state index contributed by atoms with van der Waals surface area (Å²) in [5.41, 5.74) is 7.22. The Balaban J connectivity index is 2.85. The lowest BCUT2D eigenvalue weighted by Crippen LogP contribution is -2.31. The molecule has 1 amide bonds. The lowest BCUT2D eigenvalue weighted by Gasteiger charge is -2.29. The van der Waals surface area contributed by atoms with Crippen LogP contribution in [0.2, 0.25) is 5.02 Å². The number of anilines is 2. The van der Waals surface area contributed by atoms with E-state index in [4.69, 9.17) is 17.3 Å². The van der Waals surface area contributed by atoms with Gasteiger partial charge in [0.25, 0.3) is 0 Å². The maximum absolute atomic E-state index is 12.3. The normalized spacial score (nSPS) is 13.2. The fraction of sp³-hybridized carbons (Fsp3) is 0.533. The molecular formula is C15H23ClN2O. The second kappa shape index (κ2) is 5.83. The molecule has 0 saturated heterocycles. The van der Waals surface area contributed by atoms with Crippen molar-refractivity contribution in [3.63, 3.8) is 0 Å². The van der Waals surface area contributed by atoms with Gasteiger partial charge in [0.1, 0.15) is 0 Å². The van der Waals surface area contributed by atoms with Gasteiger partial charge in [-0.1, -0.05) is 39.3 Å². The van der Waals surface area contributed by atoms with E-state index in [1.165, 1.54) is 0 Å². The molecule has 19 heavy (non-hydrogen) atoms. The van der Waals surface area contributed by atoms with Crippen molar-refractivity contribution < 1.29 is 4.79 Å². The fourth-order valence-electron chi connectivity index (χ4n) is 1.65. The van der Waals surface area contributed by atoms with Crippen LogP contribution in [0.25, 0.3) is 0 Å². The van der Waals surface area contributed by atoms with E-state index in [1.807, 2.05) is 0 Å². The molecular weight excluding hydrogens is 260 g/mol. The summed E-state index contributed by atoms with van der Waals surface area (Å²) in [6.07, 6.45) is 0.492. The van der Waals surface area contributed by atoms with E-state index in [0.29, 0.717) is 28.7 Å². The van der Waals surface area contributed by atoms with E-state index in [0.717, 1.165) is 0 Å². The van der Waals surface area contributed by atoms with E-state index in [-0.39, 0.29) is 11.3 Å². The second-order valence-electron chi connectivity index (χ2n) is 6.13. The highest BCUT2D eigenvalue weighted by molar-refractivity contribution is 6.31. The molecule has 0 spiro atoms. The van der Waals surface area contributed by atoms with Gasteiger partial charge in [0.05, 0.1) is 11.4 Å². The Morgan fingerprint density at radius 2 is 2.00 bits per heavy atom. The molecule has 1 atom stereocenters. The van der Waals surface area contributed by atoms with Gasteiger partial charge < -0.3 is 10.6 Å². The van der Waals surface area contributed by atoms with Crippen LogP contribution in [0.3, 0.4) is 0 Å². The Labute approximate surface area is 120 Å². The van der Waals surface area contributed by atoms with Gasteiger partial charge in [-0.3, -0.25) is 4.79 Å². The summed E-state index contributed by atoms with van der Waals surface area (Å²) < 4.78 is 0. The summed E-state index contributed by atoms with van der Waals surface area (Å²) in [5, 5.41) is 0.577. The number of benzene rings is 1. The lowest BCUT2D eigenvalue weighted by molar-refractivity contribution is -0.119. The molecule has 0 aliphatic heterocycles. The van der Waals surface area contributed by atoms with Crippen LogP contribution in [0.5, 0.6) is 0 Å². The molecule has 0 aliphatic rings. The third kappa shape index (κ3) is 4.13. The first-order valence-corrected chi connectivity index (χ1v) is 6.82. The SMILES string of the molecule is CC(CC(=O)N(C)c1cc(Cl)ccc1N)C(C)(C)C. The highest BCUT2D eigenvalue weighted by Gasteiger charge is 2.25. The standard InChI is InChI=1S/C15H23ClN2O/c1-10(15(2,3)4)8-14(19)18(5)13-9-11(16)6-7-12(13)17/h6-7,9-10H,8,17H2,1-5H3. The van der Waals surface area contributed by atoms with Gasteiger partial charge in [0.2, 0.25) is 5.91 Å². The molecule has 0 saturated carbocycles. The molecule has 0 fully saturated rings. The average Bonchev–Trinajstić information content (AvgIpc) is 2.30. The first kappa shape index (κ1) is 15.8. The first-order chi connectivity index (χ1) is 8.62. The number of halogens is 1. The molecule has 4 heteroatoms. The molecule has 1 rings (SSSR count). The molecule has 0 bridgehead atoms. The zero-order valence-corrected chi connectivity index (χ0v) is 13.1. The first-order valence-electron chi connectivity index (χ1n) is 6.44. The van der Waals surface area contributed by atoms with Crippen LogP contribution in [0.4, 0.5) is 11.4 Å². The molecule has 106 valence electrons. The average molecular weight is 283 g/mol. The minimum atomic E-state index is 0.0522. The minimum Gasteiger partial charge on any atom is -0.397 e. The van der Waals surface area contributed by atoms with Crippen LogP contribution in [0, 0.1) is 11.3 Å². The number of amides is 1. The Kier molecular flexibility index (Phi) is 4.86.